The van der Waals surface area contributed by atoms with E-state index in [1.165, 1.54) is 0 Å². The third kappa shape index (κ3) is 6.17. The molecule has 1 aliphatic rings. The van der Waals surface area contributed by atoms with Crippen LogP contribution in [-0.2, 0) is 27.7 Å². The number of sulfonamides is 1. The van der Waals surface area contributed by atoms with E-state index in [2.05, 4.69) is 10.8 Å². The van der Waals surface area contributed by atoms with E-state index < -0.39 is 16.0 Å². The van der Waals surface area contributed by atoms with Crippen molar-refractivity contribution in [2.24, 2.45) is 0 Å². The topological polar surface area (TPSA) is 92.7 Å². The number of ether oxygens (including phenoxy) is 1. The van der Waals surface area contributed by atoms with Crippen molar-refractivity contribution in [1.82, 2.24) is 4.72 Å². The maximum Gasteiger partial charge on any atom is 0.341 e. The fourth-order valence-corrected chi connectivity index (χ4v) is 4.51. The van der Waals surface area contributed by atoms with E-state index in [0.29, 0.717) is 25.1 Å². The Morgan fingerprint density at radius 1 is 1.07 bits per heavy atom. The van der Waals surface area contributed by atoms with Crippen molar-refractivity contribution >= 4 is 21.6 Å². The molecule has 0 aromatic heterocycles. The molecule has 0 atom stereocenters. The first kappa shape index (κ1) is 21.1. The second-order valence-corrected chi connectivity index (χ2v) is 8.86. The Morgan fingerprint density at radius 2 is 1.86 bits per heavy atom. The number of hydrogen-bond donors (Lipinski definition) is 2. The molecule has 154 valence electrons. The van der Waals surface area contributed by atoms with E-state index in [-0.39, 0.29) is 12.4 Å². The van der Waals surface area contributed by atoms with Gasteiger partial charge in [0.2, 0.25) is 10.0 Å². The van der Waals surface area contributed by atoms with Crippen LogP contribution in [0, 0.1) is 0 Å². The number of allylic oxidation sites excluding steroid dienone is 1. The fraction of sp³-hybridized carbons (Fsp3) is 0.318. The predicted molar refractivity (Wildman–Crippen MR) is 112 cm³/mol. The number of fused-ring (bicyclic) bond motifs is 1. The molecule has 0 saturated heterocycles. The molecular formula is C22H25NO5S. The van der Waals surface area contributed by atoms with Crippen molar-refractivity contribution in [2.45, 2.75) is 25.7 Å². The molecule has 29 heavy (non-hydrogen) atoms. The number of aliphatic carboxylic acids is 1. The molecule has 6 nitrogen and oxygen atoms in total. The number of carboxylic acid groups (broad SMARTS) is 1. The number of nitrogens with one attached hydrogen (secondary N) is 1. The zero-order valence-electron chi connectivity index (χ0n) is 16.1. The minimum Gasteiger partial charge on any atom is -0.482 e. The summed E-state index contributed by atoms with van der Waals surface area (Å²) in [5.41, 5.74) is 4.04. The fourth-order valence-electron chi connectivity index (χ4n) is 3.45. The Hall–Kier alpha value is -2.64. The zero-order chi connectivity index (χ0) is 20.7. The van der Waals surface area contributed by atoms with Gasteiger partial charge < -0.3 is 9.84 Å². The molecule has 7 heteroatoms. The first-order chi connectivity index (χ1) is 13.9. The maximum atomic E-state index is 12.3. The molecule has 0 radical (unpaired) electrons. The number of hydrogen-bond acceptors (Lipinski definition) is 4. The first-order valence-electron chi connectivity index (χ1n) is 9.62. The van der Waals surface area contributed by atoms with Gasteiger partial charge in [-0.1, -0.05) is 48.5 Å². The van der Waals surface area contributed by atoms with Gasteiger partial charge in [-0.2, -0.15) is 0 Å². The first-order valence-corrected chi connectivity index (χ1v) is 11.3. The summed E-state index contributed by atoms with van der Waals surface area (Å²) in [5, 5.41) is 8.84. The van der Waals surface area contributed by atoms with Crippen LogP contribution in [0.2, 0.25) is 0 Å². The lowest BCUT2D eigenvalue weighted by molar-refractivity contribution is -0.139. The molecule has 0 bridgehead atoms. The van der Waals surface area contributed by atoms with Gasteiger partial charge in [0.25, 0.3) is 0 Å². The average Bonchev–Trinajstić information content (AvgIpc) is 2.71. The van der Waals surface area contributed by atoms with Gasteiger partial charge in [-0.05, 0) is 48.4 Å². The minimum absolute atomic E-state index is 0.0554. The summed E-state index contributed by atoms with van der Waals surface area (Å²) in [5.74, 6) is -0.377. The van der Waals surface area contributed by atoms with Gasteiger partial charge in [-0.3, -0.25) is 0 Å². The molecule has 2 N–H and O–H groups in total. The Balaban J connectivity index is 1.57. The monoisotopic (exact) mass is 415 g/mol. The minimum atomic E-state index is -3.35. The third-order valence-corrected chi connectivity index (χ3v) is 6.22. The number of benzene rings is 2. The molecule has 2 aromatic carbocycles. The smallest absolute Gasteiger partial charge is 0.341 e. The lowest BCUT2D eigenvalue weighted by Gasteiger charge is -2.21. The van der Waals surface area contributed by atoms with Crippen molar-refractivity contribution in [3.8, 4) is 5.75 Å². The molecule has 0 unspecified atom stereocenters. The Bertz CT molecular complexity index is 984. The normalized spacial score (nSPS) is 13.4. The van der Waals surface area contributed by atoms with E-state index >= 15 is 0 Å². The Kier molecular flexibility index (Phi) is 7.06. The van der Waals surface area contributed by atoms with Crippen LogP contribution >= 0.6 is 0 Å². The number of carboxylic acids is 1. The molecular weight excluding hydrogens is 390 g/mol. The number of rotatable bonds is 10. The highest BCUT2D eigenvalue weighted by atomic mass is 32.2. The van der Waals surface area contributed by atoms with Crippen LogP contribution in [0.5, 0.6) is 5.75 Å². The Morgan fingerprint density at radius 3 is 2.62 bits per heavy atom. The predicted octanol–water partition coefficient (Wildman–Crippen LogP) is 3.03. The van der Waals surface area contributed by atoms with Gasteiger partial charge in [-0.25, -0.2) is 17.9 Å². The Labute approximate surface area is 171 Å². The number of carbonyl (C=O) groups is 1. The van der Waals surface area contributed by atoms with Crippen molar-refractivity contribution in [3.63, 3.8) is 0 Å². The summed E-state index contributed by atoms with van der Waals surface area (Å²) < 4.78 is 32.7. The summed E-state index contributed by atoms with van der Waals surface area (Å²) in [6, 6.07) is 15.1. The van der Waals surface area contributed by atoms with E-state index in [1.54, 1.807) is 6.07 Å². The van der Waals surface area contributed by atoms with Crippen LogP contribution < -0.4 is 9.46 Å². The van der Waals surface area contributed by atoms with Crippen molar-refractivity contribution in [3.05, 3.63) is 71.3 Å². The van der Waals surface area contributed by atoms with Gasteiger partial charge in [0.05, 0.1) is 5.75 Å². The molecule has 0 saturated carbocycles. The largest absolute Gasteiger partial charge is 0.482 e. The van der Waals surface area contributed by atoms with Gasteiger partial charge in [-0.15, -0.1) is 0 Å². The number of aryl methyl sites for hydroxylation is 1. The van der Waals surface area contributed by atoms with Crippen LogP contribution in [0.4, 0.5) is 0 Å². The molecule has 0 amide bonds. The van der Waals surface area contributed by atoms with Crippen molar-refractivity contribution < 1.29 is 23.1 Å². The summed E-state index contributed by atoms with van der Waals surface area (Å²) >= 11 is 0. The highest BCUT2D eigenvalue weighted by molar-refractivity contribution is 7.89. The maximum absolute atomic E-state index is 12.3. The molecule has 2 aromatic rings. The van der Waals surface area contributed by atoms with Crippen LogP contribution in [0.3, 0.4) is 0 Å². The van der Waals surface area contributed by atoms with Gasteiger partial charge in [0.15, 0.2) is 6.61 Å². The van der Waals surface area contributed by atoms with Gasteiger partial charge in [0, 0.05) is 12.1 Å². The SMILES string of the molecule is O=C(O)COc1cccc2c1CCC=C2CCNS(=O)(=O)CCc1ccccc1. The third-order valence-electron chi connectivity index (χ3n) is 4.83. The summed E-state index contributed by atoms with van der Waals surface area (Å²) in [6.45, 7) is -0.0562. The summed E-state index contributed by atoms with van der Waals surface area (Å²) in [7, 11) is -3.35. The molecule has 0 heterocycles. The summed E-state index contributed by atoms with van der Waals surface area (Å²) in [4.78, 5) is 10.8. The summed E-state index contributed by atoms with van der Waals surface area (Å²) in [6.07, 6.45) is 4.75. The van der Waals surface area contributed by atoms with E-state index in [4.69, 9.17) is 9.84 Å². The average molecular weight is 416 g/mol. The zero-order valence-corrected chi connectivity index (χ0v) is 17.0. The van der Waals surface area contributed by atoms with Crippen LogP contribution in [0.1, 0.15) is 29.5 Å². The molecule has 0 fully saturated rings. The van der Waals surface area contributed by atoms with Gasteiger partial charge in [0.1, 0.15) is 5.75 Å². The lowest BCUT2D eigenvalue weighted by Crippen LogP contribution is -2.28. The van der Waals surface area contributed by atoms with E-state index in [1.807, 2.05) is 42.5 Å². The second kappa shape index (κ2) is 9.71. The van der Waals surface area contributed by atoms with Crippen LogP contribution in [0.25, 0.3) is 5.57 Å². The second-order valence-electron chi connectivity index (χ2n) is 6.93. The molecule has 3 rings (SSSR count). The standard InChI is InChI=1S/C22H25NO5S/c24-22(25)16-28-21-11-5-9-19-18(8-4-10-20(19)21)12-14-23-29(26,27)15-13-17-6-2-1-3-7-17/h1-3,5-9,11,23H,4,10,12-16H2,(H,24,25). The van der Waals surface area contributed by atoms with Crippen molar-refractivity contribution in [2.75, 3.05) is 18.9 Å². The highest BCUT2D eigenvalue weighted by Crippen LogP contribution is 2.34. The van der Waals surface area contributed by atoms with E-state index in [0.717, 1.165) is 35.1 Å². The molecule has 0 spiro atoms. The highest BCUT2D eigenvalue weighted by Gasteiger charge is 2.18. The van der Waals surface area contributed by atoms with E-state index in [9.17, 15) is 13.2 Å². The molecule has 1 aliphatic carbocycles. The molecule has 0 aliphatic heterocycles. The van der Waals surface area contributed by atoms with Crippen molar-refractivity contribution in [1.29, 1.82) is 0 Å². The van der Waals surface area contributed by atoms with Gasteiger partial charge >= 0.3 is 5.97 Å². The lowest BCUT2D eigenvalue weighted by atomic mass is 9.88. The van der Waals surface area contributed by atoms with Crippen LogP contribution in [-0.4, -0.2) is 38.4 Å². The quantitative estimate of drug-likeness (QED) is 0.622. The van der Waals surface area contributed by atoms with Crippen LogP contribution in [0.15, 0.2) is 54.6 Å².